The molecule has 3 aromatic carbocycles. The highest BCUT2D eigenvalue weighted by Gasteiger charge is 2.05. The molecule has 0 aliphatic carbocycles. The smallest absolute Gasteiger partial charge is 0.262 e. The Morgan fingerprint density at radius 3 is 2.42 bits per heavy atom. The van der Waals surface area contributed by atoms with Gasteiger partial charge in [0, 0.05) is 32.8 Å². The van der Waals surface area contributed by atoms with E-state index in [0.29, 0.717) is 33.7 Å². The summed E-state index contributed by atoms with van der Waals surface area (Å²) in [7, 11) is 0. The van der Waals surface area contributed by atoms with Crippen molar-refractivity contribution in [1.29, 1.82) is 0 Å². The first kappa shape index (κ1) is 24.6. The summed E-state index contributed by atoms with van der Waals surface area (Å²) >= 11 is 13.3. The molecule has 0 aromatic heterocycles. The molecule has 0 aliphatic heterocycles. The number of nitrogens with zero attached hydrogens (tertiary/aromatic N) is 1. The average Bonchev–Trinajstić information content (AvgIpc) is 2.80. The second-order valence-electron chi connectivity index (χ2n) is 6.76. The van der Waals surface area contributed by atoms with Gasteiger partial charge in [-0.25, -0.2) is 5.43 Å². The van der Waals surface area contributed by atoms with E-state index in [2.05, 4.69) is 15.8 Å². The van der Waals surface area contributed by atoms with Gasteiger partial charge in [0.1, 0.15) is 5.75 Å². The van der Waals surface area contributed by atoms with Crippen molar-refractivity contribution in [2.24, 2.45) is 5.10 Å². The van der Waals surface area contributed by atoms with Crippen LogP contribution in [0.5, 0.6) is 5.75 Å². The molecule has 0 unspecified atom stereocenters. The van der Waals surface area contributed by atoms with E-state index in [1.807, 2.05) is 24.3 Å². The van der Waals surface area contributed by atoms with Crippen LogP contribution in [0.4, 0.5) is 5.69 Å². The fourth-order valence-corrected chi connectivity index (χ4v) is 3.76. The van der Waals surface area contributed by atoms with Gasteiger partial charge >= 0.3 is 0 Å². The molecule has 170 valence electrons. The fraction of sp³-hybridized carbons (Fsp3) is 0.125. The summed E-state index contributed by atoms with van der Waals surface area (Å²) in [4.78, 5) is 25.0. The maximum atomic E-state index is 12.0. The lowest BCUT2D eigenvalue weighted by atomic mass is 10.2. The number of amides is 2. The molecular formula is C24H21Cl2N3O3S. The number of hydrogen-bond donors (Lipinski definition) is 2. The molecule has 6 nitrogen and oxygen atoms in total. The number of hydrogen-bond acceptors (Lipinski definition) is 5. The van der Waals surface area contributed by atoms with Crippen molar-refractivity contribution in [3.63, 3.8) is 0 Å². The highest BCUT2D eigenvalue weighted by molar-refractivity contribution is 7.99. The first-order valence-electron chi connectivity index (χ1n) is 9.96. The molecule has 0 fully saturated rings. The Bertz CT molecular complexity index is 1110. The van der Waals surface area contributed by atoms with E-state index < -0.39 is 0 Å². The van der Waals surface area contributed by atoms with Crippen LogP contribution in [-0.4, -0.2) is 30.4 Å². The summed E-state index contributed by atoms with van der Waals surface area (Å²) in [5, 5.41) is 7.91. The number of halogens is 2. The third kappa shape index (κ3) is 9.18. The van der Waals surface area contributed by atoms with Gasteiger partial charge in [0.15, 0.2) is 6.61 Å². The molecule has 0 aliphatic rings. The maximum absolute atomic E-state index is 12.0. The molecule has 9 heteroatoms. The molecule has 3 aromatic rings. The lowest BCUT2D eigenvalue weighted by Gasteiger charge is -2.08. The van der Waals surface area contributed by atoms with E-state index in [4.69, 9.17) is 27.9 Å². The molecule has 33 heavy (non-hydrogen) atoms. The lowest BCUT2D eigenvalue weighted by molar-refractivity contribution is -0.120. The Morgan fingerprint density at radius 1 is 0.939 bits per heavy atom. The minimum atomic E-state index is -0.292. The van der Waals surface area contributed by atoms with E-state index in [-0.39, 0.29) is 18.4 Å². The number of anilines is 1. The van der Waals surface area contributed by atoms with Crippen molar-refractivity contribution in [2.45, 2.75) is 11.3 Å². The van der Waals surface area contributed by atoms with Crippen LogP contribution in [0.2, 0.25) is 10.0 Å². The van der Waals surface area contributed by atoms with Gasteiger partial charge in [-0.15, -0.1) is 11.8 Å². The molecule has 0 heterocycles. The molecule has 0 saturated carbocycles. The van der Waals surface area contributed by atoms with Crippen molar-refractivity contribution in [3.05, 3.63) is 88.4 Å². The van der Waals surface area contributed by atoms with Crippen LogP contribution < -0.4 is 15.5 Å². The molecule has 2 amide bonds. The standard InChI is InChI=1S/C24H21Cl2N3O3S/c25-18-6-10-22(11-7-18)33-13-12-23(30)29-27-15-17-4-8-21(9-5-17)32-16-24(31)28-20-3-1-2-19(26)14-20/h1-11,14-15H,12-13,16H2,(H,28,31)(H,29,30)/b27-15-. The maximum Gasteiger partial charge on any atom is 0.262 e. The molecule has 3 rings (SSSR count). The molecule has 0 atom stereocenters. The van der Waals surface area contributed by atoms with E-state index >= 15 is 0 Å². The van der Waals surface area contributed by atoms with Crippen LogP contribution in [0.15, 0.2) is 82.8 Å². The van der Waals surface area contributed by atoms with E-state index in [0.717, 1.165) is 10.5 Å². The molecule has 0 spiro atoms. The quantitative estimate of drug-likeness (QED) is 0.214. The summed E-state index contributed by atoms with van der Waals surface area (Å²) in [5.41, 5.74) is 3.89. The lowest BCUT2D eigenvalue weighted by Crippen LogP contribution is -2.20. The number of rotatable bonds is 10. The van der Waals surface area contributed by atoms with E-state index in [9.17, 15) is 9.59 Å². The molecule has 0 radical (unpaired) electrons. The Hall–Kier alpha value is -3.00. The zero-order chi connectivity index (χ0) is 23.5. The average molecular weight is 502 g/mol. The number of benzene rings is 3. The largest absolute Gasteiger partial charge is 0.484 e. The highest BCUT2D eigenvalue weighted by atomic mass is 35.5. The molecular weight excluding hydrogens is 481 g/mol. The number of nitrogens with one attached hydrogen (secondary N) is 2. The van der Waals surface area contributed by atoms with Gasteiger partial charge in [-0.3, -0.25) is 9.59 Å². The van der Waals surface area contributed by atoms with Crippen LogP contribution in [0.25, 0.3) is 0 Å². The summed E-state index contributed by atoms with van der Waals surface area (Å²) in [5.74, 6) is 0.717. The number of thioether (sulfide) groups is 1. The Balaban J connectivity index is 1.35. The van der Waals surface area contributed by atoms with Gasteiger partial charge in [-0.2, -0.15) is 5.10 Å². The van der Waals surface area contributed by atoms with Gasteiger partial charge in [-0.05, 0) is 72.3 Å². The zero-order valence-corrected chi connectivity index (χ0v) is 19.8. The van der Waals surface area contributed by atoms with E-state index in [1.165, 1.54) is 0 Å². The zero-order valence-electron chi connectivity index (χ0n) is 17.5. The number of hydrazone groups is 1. The van der Waals surface area contributed by atoms with Gasteiger partial charge in [0.05, 0.1) is 6.21 Å². The second kappa shape index (κ2) is 12.9. The Morgan fingerprint density at radius 2 is 1.70 bits per heavy atom. The minimum Gasteiger partial charge on any atom is -0.484 e. The molecule has 0 bridgehead atoms. The van der Waals surface area contributed by atoms with Crippen molar-refractivity contribution < 1.29 is 14.3 Å². The summed E-state index contributed by atoms with van der Waals surface area (Å²) in [6.07, 6.45) is 1.88. The first-order chi connectivity index (χ1) is 16.0. The van der Waals surface area contributed by atoms with Crippen molar-refractivity contribution in [1.82, 2.24) is 5.43 Å². The van der Waals surface area contributed by atoms with Gasteiger partial charge in [-0.1, -0.05) is 29.3 Å². The minimum absolute atomic E-state index is 0.135. The number of ether oxygens (including phenoxy) is 1. The van der Waals surface area contributed by atoms with Gasteiger partial charge in [0.2, 0.25) is 5.91 Å². The first-order valence-corrected chi connectivity index (χ1v) is 11.7. The third-order valence-electron chi connectivity index (χ3n) is 4.17. The van der Waals surface area contributed by atoms with Crippen molar-refractivity contribution in [3.8, 4) is 5.75 Å². The van der Waals surface area contributed by atoms with Crippen LogP contribution >= 0.6 is 35.0 Å². The second-order valence-corrected chi connectivity index (χ2v) is 8.80. The fourth-order valence-electron chi connectivity index (χ4n) is 2.59. The third-order valence-corrected chi connectivity index (χ3v) is 5.67. The molecule has 2 N–H and O–H groups in total. The van der Waals surface area contributed by atoms with Crippen LogP contribution in [0.1, 0.15) is 12.0 Å². The summed E-state index contributed by atoms with van der Waals surface area (Å²) in [6.45, 7) is -0.135. The van der Waals surface area contributed by atoms with Crippen molar-refractivity contribution in [2.75, 3.05) is 17.7 Å². The highest BCUT2D eigenvalue weighted by Crippen LogP contribution is 2.21. The topological polar surface area (TPSA) is 79.8 Å². The van der Waals surface area contributed by atoms with Crippen LogP contribution in [-0.2, 0) is 9.59 Å². The van der Waals surface area contributed by atoms with Crippen LogP contribution in [0, 0.1) is 0 Å². The summed E-state index contributed by atoms with van der Waals surface area (Å²) < 4.78 is 5.49. The SMILES string of the molecule is O=C(CCSc1ccc(Cl)cc1)N/N=C\c1ccc(OCC(=O)Nc2cccc(Cl)c2)cc1. The number of carbonyl (C=O) groups is 2. The van der Waals surface area contributed by atoms with E-state index in [1.54, 1.807) is 66.5 Å². The van der Waals surface area contributed by atoms with Gasteiger partial charge < -0.3 is 10.1 Å². The predicted molar refractivity (Wildman–Crippen MR) is 135 cm³/mol. The Labute approximate surface area is 206 Å². The Kier molecular flexibility index (Phi) is 9.62. The predicted octanol–water partition coefficient (Wildman–Crippen LogP) is 5.64. The molecule has 0 saturated heterocycles. The van der Waals surface area contributed by atoms with Gasteiger partial charge in [0.25, 0.3) is 5.91 Å². The normalized spacial score (nSPS) is 10.7. The monoisotopic (exact) mass is 501 g/mol. The van der Waals surface area contributed by atoms with Crippen LogP contribution in [0.3, 0.4) is 0 Å². The number of carbonyl (C=O) groups excluding carboxylic acids is 2. The van der Waals surface area contributed by atoms with Crippen molar-refractivity contribution >= 4 is 58.7 Å². The summed E-state index contributed by atoms with van der Waals surface area (Å²) in [6, 6.07) is 21.4.